The molecule has 0 amide bonds. The van der Waals surface area contributed by atoms with Gasteiger partial charge in [0.2, 0.25) is 0 Å². The highest BCUT2D eigenvalue weighted by Gasteiger charge is 2.07. The minimum Gasteiger partial charge on any atom is -0.397 e. The van der Waals surface area contributed by atoms with Gasteiger partial charge in [0.05, 0.1) is 16.4 Å². The topological polar surface area (TPSA) is 38.0 Å². The smallest absolute Gasteiger partial charge is 0.143 e. The highest BCUT2D eigenvalue weighted by atomic mass is 35.5. The first-order valence-electron chi connectivity index (χ1n) is 5.65. The first-order valence-corrected chi connectivity index (χ1v) is 6.91. The molecule has 0 aliphatic heterocycles. The van der Waals surface area contributed by atoms with E-state index in [0.29, 0.717) is 17.9 Å². The van der Waals surface area contributed by atoms with Gasteiger partial charge in [-0.25, -0.2) is 4.39 Å². The lowest BCUT2D eigenvalue weighted by atomic mass is 10.2. The third kappa shape index (κ3) is 2.76. The monoisotopic (exact) mass is 284 g/mol. The van der Waals surface area contributed by atoms with Gasteiger partial charge in [0.1, 0.15) is 5.82 Å². The van der Waals surface area contributed by atoms with E-state index in [0.717, 1.165) is 6.42 Å². The molecule has 0 radical (unpaired) electrons. The average Bonchev–Trinajstić information content (AvgIpc) is 2.79. The van der Waals surface area contributed by atoms with Gasteiger partial charge < -0.3 is 11.1 Å². The number of hydrogen-bond donors (Lipinski definition) is 2. The van der Waals surface area contributed by atoms with Crippen molar-refractivity contribution in [3.05, 3.63) is 44.9 Å². The molecule has 0 spiro atoms. The molecule has 1 heterocycles. The molecule has 0 aliphatic rings. The molecule has 1 aromatic heterocycles. The molecule has 0 saturated carbocycles. The summed E-state index contributed by atoms with van der Waals surface area (Å²) < 4.78 is 13.3. The predicted octanol–water partition coefficient (Wildman–Crippen LogP) is 4.30. The molecule has 18 heavy (non-hydrogen) atoms. The Morgan fingerprint density at radius 1 is 1.44 bits per heavy atom. The molecular formula is C13H14ClFN2S. The van der Waals surface area contributed by atoms with Crippen LogP contribution >= 0.6 is 22.9 Å². The van der Waals surface area contributed by atoms with Crippen molar-refractivity contribution in [2.45, 2.75) is 19.9 Å². The summed E-state index contributed by atoms with van der Waals surface area (Å²) in [5.41, 5.74) is 8.13. The Labute approximate surface area is 115 Å². The molecule has 96 valence electrons. The van der Waals surface area contributed by atoms with E-state index in [1.807, 2.05) is 0 Å². The molecule has 5 heteroatoms. The van der Waals surface area contributed by atoms with E-state index < -0.39 is 5.82 Å². The molecule has 0 unspecified atom stereocenters. The van der Waals surface area contributed by atoms with Gasteiger partial charge in [0.15, 0.2) is 0 Å². The maximum atomic E-state index is 13.3. The Bertz CT molecular complexity index is 554. The molecule has 0 atom stereocenters. The Hall–Kier alpha value is -1.26. The number of nitrogens with two attached hydrogens (primary N) is 1. The van der Waals surface area contributed by atoms with Gasteiger partial charge in [-0.1, -0.05) is 18.5 Å². The second kappa shape index (κ2) is 5.59. The number of aryl methyl sites for hydroxylation is 1. The molecule has 0 saturated heterocycles. The number of nitrogens with one attached hydrogen (secondary N) is 1. The molecule has 3 N–H and O–H groups in total. The van der Waals surface area contributed by atoms with E-state index in [-0.39, 0.29) is 5.02 Å². The minimum atomic E-state index is -0.463. The van der Waals surface area contributed by atoms with Gasteiger partial charge in [0, 0.05) is 17.5 Å². The number of anilines is 2. The second-order valence-corrected chi connectivity index (χ2v) is 5.34. The third-order valence-electron chi connectivity index (χ3n) is 2.75. The van der Waals surface area contributed by atoms with Crippen LogP contribution in [0.15, 0.2) is 23.6 Å². The van der Waals surface area contributed by atoms with Crippen LogP contribution in [-0.4, -0.2) is 0 Å². The predicted molar refractivity (Wildman–Crippen MR) is 76.8 cm³/mol. The van der Waals surface area contributed by atoms with Crippen molar-refractivity contribution in [1.82, 2.24) is 0 Å². The standard InChI is InChI=1S/C13H14ClFN2S/c1-2-8-3-4-18-13(8)7-17-12-6-10(15)9(14)5-11(12)16/h3-6,17H,2,7,16H2,1H3. The van der Waals surface area contributed by atoms with Crippen LogP contribution in [0, 0.1) is 5.82 Å². The van der Waals surface area contributed by atoms with Gasteiger partial charge in [-0.3, -0.25) is 0 Å². The summed E-state index contributed by atoms with van der Waals surface area (Å²) in [6.07, 6.45) is 0.991. The fourth-order valence-corrected chi connectivity index (χ4v) is 2.82. The lowest BCUT2D eigenvalue weighted by Crippen LogP contribution is -2.03. The maximum Gasteiger partial charge on any atom is 0.143 e. The zero-order valence-corrected chi connectivity index (χ0v) is 11.5. The van der Waals surface area contributed by atoms with Gasteiger partial charge in [-0.05, 0) is 29.5 Å². The van der Waals surface area contributed by atoms with Crippen molar-refractivity contribution in [3.8, 4) is 0 Å². The zero-order chi connectivity index (χ0) is 13.1. The van der Waals surface area contributed by atoms with Gasteiger partial charge in [-0.15, -0.1) is 11.3 Å². The van der Waals surface area contributed by atoms with Gasteiger partial charge in [-0.2, -0.15) is 0 Å². The van der Waals surface area contributed by atoms with Gasteiger partial charge >= 0.3 is 0 Å². The van der Waals surface area contributed by atoms with Crippen molar-refractivity contribution in [2.75, 3.05) is 11.1 Å². The first-order chi connectivity index (χ1) is 8.61. The second-order valence-electron chi connectivity index (χ2n) is 3.93. The molecule has 0 bridgehead atoms. The van der Waals surface area contributed by atoms with E-state index in [2.05, 4.69) is 23.7 Å². The largest absolute Gasteiger partial charge is 0.397 e. The van der Waals surface area contributed by atoms with E-state index >= 15 is 0 Å². The zero-order valence-electron chi connectivity index (χ0n) is 9.97. The third-order valence-corrected chi connectivity index (χ3v) is 4.00. The summed E-state index contributed by atoms with van der Waals surface area (Å²) in [6.45, 7) is 2.76. The van der Waals surface area contributed by atoms with Crippen LogP contribution in [0.1, 0.15) is 17.4 Å². The lowest BCUT2D eigenvalue weighted by molar-refractivity contribution is 0.629. The van der Waals surface area contributed by atoms with E-state index in [1.54, 1.807) is 11.3 Å². The average molecular weight is 285 g/mol. The Morgan fingerprint density at radius 3 is 2.94 bits per heavy atom. The summed E-state index contributed by atoms with van der Waals surface area (Å²) in [6, 6.07) is 4.86. The number of hydrogen-bond acceptors (Lipinski definition) is 3. The van der Waals surface area contributed by atoms with E-state index in [1.165, 1.54) is 22.6 Å². The Morgan fingerprint density at radius 2 is 2.22 bits per heavy atom. The van der Waals surface area contributed by atoms with Crippen LogP contribution in [0.4, 0.5) is 15.8 Å². The first kappa shape index (κ1) is 13.2. The van der Waals surface area contributed by atoms with Crippen LogP contribution in [0.25, 0.3) is 0 Å². The summed E-state index contributed by atoms with van der Waals surface area (Å²) in [4.78, 5) is 1.24. The molecule has 2 nitrogen and oxygen atoms in total. The van der Waals surface area contributed by atoms with Crippen molar-refractivity contribution in [2.24, 2.45) is 0 Å². The van der Waals surface area contributed by atoms with Crippen LogP contribution < -0.4 is 11.1 Å². The number of rotatable bonds is 4. The number of halogens is 2. The minimum absolute atomic E-state index is 0.0448. The SMILES string of the molecule is CCc1ccsc1CNc1cc(F)c(Cl)cc1N. The van der Waals surface area contributed by atoms with Crippen LogP contribution in [0.3, 0.4) is 0 Å². The summed E-state index contributed by atoms with van der Waals surface area (Å²) in [5, 5.41) is 5.25. The van der Waals surface area contributed by atoms with Crippen molar-refractivity contribution in [3.63, 3.8) is 0 Å². The molecule has 1 aromatic carbocycles. The number of thiophene rings is 1. The van der Waals surface area contributed by atoms with Crippen molar-refractivity contribution < 1.29 is 4.39 Å². The van der Waals surface area contributed by atoms with E-state index in [4.69, 9.17) is 17.3 Å². The summed E-state index contributed by atoms with van der Waals surface area (Å²) in [7, 11) is 0. The molecule has 0 aliphatic carbocycles. The van der Waals surface area contributed by atoms with Gasteiger partial charge in [0.25, 0.3) is 0 Å². The van der Waals surface area contributed by atoms with Crippen molar-refractivity contribution in [1.29, 1.82) is 0 Å². The normalized spacial score (nSPS) is 10.6. The van der Waals surface area contributed by atoms with Crippen molar-refractivity contribution >= 4 is 34.3 Å². The summed E-state index contributed by atoms with van der Waals surface area (Å²) in [5.74, 6) is -0.463. The van der Waals surface area contributed by atoms with Crippen LogP contribution in [0.5, 0.6) is 0 Å². The quantitative estimate of drug-likeness (QED) is 0.822. The summed E-state index contributed by atoms with van der Waals surface area (Å²) >= 11 is 7.34. The highest BCUT2D eigenvalue weighted by molar-refractivity contribution is 7.10. The maximum absolute atomic E-state index is 13.3. The molecular weight excluding hydrogens is 271 g/mol. The number of nitrogen functional groups attached to an aromatic ring is 1. The lowest BCUT2D eigenvalue weighted by Gasteiger charge is -2.10. The Balaban J connectivity index is 2.13. The molecule has 2 rings (SSSR count). The van der Waals surface area contributed by atoms with E-state index in [9.17, 15) is 4.39 Å². The fraction of sp³-hybridized carbons (Fsp3) is 0.231. The fourth-order valence-electron chi connectivity index (χ4n) is 1.73. The van der Waals surface area contributed by atoms with Crippen LogP contribution in [0.2, 0.25) is 5.02 Å². The molecule has 0 fully saturated rings. The highest BCUT2D eigenvalue weighted by Crippen LogP contribution is 2.27. The number of benzene rings is 1. The van der Waals surface area contributed by atoms with Crippen LogP contribution in [-0.2, 0) is 13.0 Å². The Kier molecular flexibility index (Phi) is 4.09. The molecule has 2 aromatic rings.